The van der Waals surface area contributed by atoms with E-state index in [4.69, 9.17) is 9.26 Å². The van der Waals surface area contributed by atoms with Crippen LogP contribution in [0.4, 0.5) is 13.2 Å². The van der Waals surface area contributed by atoms with Crippen molar-refractivity contribution in [3.63, 3.8) is 0 Å². The molecule has 2 aromatic rings. The molecule has 12 heteroatoms. The van der Waals surface area contributed by atoms with Crippen molar-refractivity contribution < 1.29 is 42.2 Å². The first-order valence-electron chi connectivity index (χ1n) is 9.67. The van der Waals surface area contributed by atoms with Crippen molar-refractivity contribution in [3.8, 4) is 17.1 Å². The fourth-order valence-electron chi connectivity index (χ4n) is 3.29. The summed E-state index contributed by atoms with van der Waals surface area (Å²) in [5.74, 6) is -0.206. The first-order valence-corrected chi connectivity index (χ1v) is 9.67. The van der Waals surface area contributed by atoms with Crippen molar-refractivity contribution in [2.45, 2.75) is 50.0 Å². The van der Waals surface area contributed by atoms with E-state index < -0.39 is 30.8 Å². The number of aliphatic hydroxyl groups excluding tert-OH is 2. The monoisotopic (exact) mass is 443 g/mol. The Balaban J connectivity index is 1.34. The Kier molecular flexibility index (Phi) is 5.86. The van der Waals surface area contributed by atoms with Crippen molar-refractivity contribution >= 4 is 5.91 Å². The summed E-state index contributed by atoms with van der Waals surface area (Å²) in [6.07, 6.45) is -7.07. The number of amides is 1. The number of benzene rings is 1. The van der Waals surface area contributed by atoms with Crippen LogP contribution in [-0.2, 0) is 16.0 Å². The van der Waals surface area contributed by atoms with Gasteiger partial charge in [-0.15, -0.1) is 13.2 Å². The molecule has 1 saturated heterocycles. The van der Waals surface area contributed by atoms with Gasteiger partial charge < -0.3 is 29.5 Å². The fourth-order valence-corrected chi connectivity index (χ4v) is 3.29. The van der Waals surface area contributed by atoms with Crippen LogP contribution in [-0.4, -0.2) is 63.6 Å². The van der Waals surface area contributed by atoms with Gasteiger partial charge in [0.1, 0.15) is 24.1 Å². The second-order valence-corrected chi connectivity index (χ2v) is 7.50. The first-order chi connectivity index (χ1) is 14.7. The summed E-state index contributed by atoms with van der Waals surface area (Å²) in [7, 11) is 0. The number of aliphatic hydroxyl groups is 2. The third-order valence-corrected chi connectivity index (χ3v) is 5.08. The molecule has 2 heterocycles. The zero-order valence-electron chi connectivity index (χ0n) is 16.1. The number of rotatable bonds is 7. The molecule has 9 nitrogen and oxygen atoms in total. The van der Waals surface area contributed by atoms with Crippen molar-refractivity contribution in [1.82, 2.24) is 15.5 Å². The van der Waals surface area contributed by atoms with Gasteiger partial charge in [0.25, 0.3) is 0 Å². The number of hydrogen-bond acceptors (Lipinski definition) is 8. The smallest absolute Gasteiger partial charge is 0.406 e. The van der Waals surface area contributed by atoms with Crippen LogP contribution in [0, 0.1) is 5.92 Å². The van der Waals surface area contributed by atoms with Crippen LogP contribution >= 0.6 is 0 Å². The van der Waals surface area contributed by atoms with Gasteiger partial charge in [-0.05, 0) is 37.1 Å². The van der Waals surface area contributed by atoms with Crippen molar-refractivity contribution in [2.24, 2.45) is 5.92 Å². The normalized spacial score (nSPS) is 26.1. The minimum absolute atomic E-state index is 0.00751. The molecular formula is C19H20F3N3O6. The highest BCUT2D eigenvalue weighted by molar-refractivity contribution is 5.80. The van der Waals surface area contributed by atoms with Crippen LogP contribution in [0.1, 0.15) is 18.7 Å². The zero-order valence-corrected chi connectivity index (χ0v) is 16.1. The number of nitrogens with zero attached hydrogens (tertiary/aromatic N) is 2. The Bertz CT molecular complexity index is 915. The van der Waals surface area contributed by atoms with Gasteiger partial charge in [-0.2, -0.15) is 4.98 Å². The van der Waals surface area contributed by atoms with Gasteiger partial charge in [0.05, 0.1) is 12.5 Å². The van der Waals surface area contributed by atoms with Gasteiger partial charge in [-0.3, -0.25) is 4.79 Å². The van der Waals surface area contributed by atoms with Crippen molar-refractivity contribution in [1.29, 1.82) is 0 Å². The predicted octanol–water partition coefficient (Wildman–Crippen LogP) is 1.19. The quantitative estimate of drug-likeness (QED) is 0.583. The molecule has 1 aromatic carbocycles. The van der Waals surface area contributed by atoms with Crippen molar-refractivity contribution in [2.75, 3.05) is 6.54 Å². The van der Waals surface area contributed by atoms with E-state index in [2.05, 4.69) is 20.2 Å². The molecule has 4 unspecified atom stereocenters. The maximum Gasteiger partial charge on any atom is 0.573 e. The molecule has 1 saturated carbocycles. The second kappa shape index (κ2) is 8.44. The van der Waals surface area contributed by atoms with Crippen LogP contribution in [0.5, 0.6) is 5.75 Å². The SMILES string of the molecule is O=C(NCC1OC(Cc2nc(-c3ccc(OC(F)(F)F)cc3)no2)C(O)C1O)C1CC1. The standard InChI is InChI=1S/C19H20F3N3O6/c20-19(21,22)30-11-5-3-9(4-6-11)17-24-14(31-25-17)7-12-15(26)16(27)13(29-12)8-23-18(28)10-1-2-10/h3-6,10,12-13,15-16,26-27H,1-2,7-8H2,(H,23,28). The molecular weight excluding hydrogens is 423 g/mol. The summed E-state index contributed by atoms with van der Waals surface area (Å²) < 4.78 is 51.3. The summed E-state index contributed by atoms with van der Waals surface area (Å²) in [5.41, 5.74) is 0.401. The van der Waals surface area contributed by atoms with Crippen LogP contribution in [0.15, 0.2) is 28.8 Å². The lowest BCUT2D eigenvalue weighted by molar-refractivity contribution is -0.274. The van der Waals surface area contributed by atoms with Crippen LogP contribution in [0.25, 0.3) is 11.4 Å². The molecule has 4 atom stereocenters. The maximum absolute atomic E-state index is 12.2. The van der Waals surface area contributed by atoms with Gasteiger partial charge in [0.15, 0.2) is 0 Å². The van der Waals surface area contributed by atoms with E-state index >= 15 is 0 Å². The molecule has 1 aliphatic heterocycles. The van der Waals surface area contributed by atoms with Gasteiger partial charge in [0, 0.05) is 18.0 Å². The molecule has 4 rings (SSSR count). The number of halogens is 3. The summed E-state index contributed by atoms with van der Waals surface area (Å²) in [6.45, 7) is 0.0749. The van der Waals surface area contributed by atoms with Crippen molar-refractivity contribution in [3.05, 3.63) is 30.2 Å². The number of carbonyl (C=O) groups excluding carboxylic acids is 1. The molecule has 3 N–H and O–H groups in total. The number of ether oxygens (including phenoxy) is 2. The molecule has 1 aliphatic carbocycles. The molecule has 168 valence electrons. The summed E-state index contributed by atoms with van der Waals surface area (Å²) in [4.78, 5) is 15.9. The van der Waals surface area contributed by atoms with E-state index in [0.717, 1.165) is 25.0 Å². The van der Waals surface area contributed by atoms with Gasteiger partial charge >= 0.3 is 6.36 Å². The summed E-state index contributed by atoms with van der Waals surface area (Å²) >= 11 is 0. The number of hydrogen-bond donors (Lipinski definition) is 3. The Hall–Kier alpha value is -2.70. The molecule has 1 amide bonds. The number of alkyl halides is 3. The number of nitrogens with one attached hydrogen (secondary N) is 1. The van der Waals surface area contributed by atoms with Crippen LogP contribution < -0.4 is 10.1 Å². The minimum Gasteiger partial charge on any atom is -0.406 e. The zero-order chi connectivity index (χ0) is 22.2. The third-order valence-electron chi connectivity index (χ3n) is 5.08. The summed E-state index contributed by atoms with van der Waals surface area (Å²) in [6, 6.07) is 4.94. The molecule has 0 bridgehead atoms. The van der Waals surface area contributed by atoms with Crippen LogP contribution in [0.2, 0.25) is 0 Å². The maximum atomic E-state index is 12.2. The lowest BCUT2D eigenvalue weighted by atomic mass is 10.1. The van der Waals surface area contributed by atoms with E-state index in [1.54, 1.807) is 0 Å². The minimum atomic E-state index is -4.79. The fraction of sp³-hybridized carbons (Fsp3) is 0.526. The molecule has 0 spiro atoms. The molecule has 31 heavy (non-hydrogen) atoms. The molecule has 0 radical (unpaired) electrons. The van der Waals surface area contributed by atoms with E-state index in [1.165, 1.54) is 12.1 Å². The highest BCUT2D eigenvalue weighted by atomic mass is 19.4. The molecule has 2 aliphatic rings. The van der Waals surface area contributed by atoms with E-state index in [0.29, 0.717) is 5.56 Å². The lowest BCUT2D eigenvalue weighted by Gasteiger charge is -2.15. The number of aromatic nitrogens is 2. The third kappa shape index (κ3) is 5.32. The Morgan fingerprint density at radius 1 is 1.16 bits per heavy atom. The largest absolute Gasteiger partial charge is 0.573 e. The van der Waals surface area contributed by atoms with Gasteiger partial charge in [-0.25, -0.2) is 0 Å². The number of carbonyl (C=O) groups is 1. The van der Waals surface area contributed by atoms with Gasteiger partial charge in [0.2, 0.25) is 17.6 Å². The lowest BCUT2D eigenvalue weighted by Crippen LogP contribution is -2.40. The molecule has 1 aromatic heterocycles. The Morgan fingerprint density at radius 2 is 1.84 bits per heavy atom. The van der Waals surface area contributed by atoms with Crippen LogP contribution in [0.3, 0.4) is 0 Å². The second-order valence-electron chi connectivity index (χ2n) is 7.50. The Morgan fingerprint density at radius 3 is 2.48 bits per heavy atom. The molecule has 2 fully saturated rings. The van der Waals surface area contributed by atoms with E-state index in [-0.39, 0.29) is 42.3 Å². The highest BCUT2D eigenvalue weighted by Crippen LogP contribution is 2.30. The average molecular weight is 443 g/mol. The average Bonchev–Trinajstić information content (AvgIpc) is 3.41. The topological polar surface area (TPSA) is 127 Å². The highest BCUT2D eigenvalue weighted by Gasteiger charge is 2.43. The Labute approximate surface area is 174 Å². The first kappa shape index (κ1) is 21.5. The van der Waals surface area contributed by atoms with E-state index in [1.807, 2.05) is 0 Å². The predicted molar refractivity (Wildman–Crippen MR) is 96.5 cm³/mol. The van der Waals surface area contributed by atoms with E-state index in [9.17, 15) is 28.2 Å². The van der Waals surface area contributed by atoms with Gasteiger partial charge in [-0.1, -0.05) is 5.16 Å². The summed E-state index contributed by atoms with van der Waals surface area (Å²) in [5, 5.41) is 26.9.